The number of furan rings is 1. The molecule has 0 unspecified atom stereocenters. The first-order chi connectivity index (χ1) is 24.3. The number of benzene rings is 7. The van der Waals surface area contributed by atoms with Gasteiger partial charge in [0.1, 0.15) is 11.3 Å². The molecule has 230 valence electrons. The van der Waals surface area contributed by atoms with Gasteiger partial charge in [0.05, 0.1) is 28.4 Å². The Balaban J connectivity index is 1.29. The summed E-state index contributed by atoms with van der Waals surface area (Å²) in [6.07, 6.45) is 6.45. The van der Waals surface area contributed by atoms with Crippen LogP contribution in [0, 0.1) is 0 Å². The third-order valence-corrected chi connectivity index (χ3v) is 10.6. The van der Waals surface area contributed by atoms with Crippen molar-refractivity contribution in [1.82, 2.24) is 0 Å². The summed E-state index contributed by atoms with van der Waals surface area (Å²) in [5.41, 5.74) is 16.4. The van der Waals surface area contributed by atoms with E-state index in [0.29, 0.717) is 0 Å². The van der Waals surface area contributed by atoms with Crippen molar-refractivity contribution in [2.75, 3.05) is 9.80 Å². The van der Waals surface area contributed by atoms with E-state index in [4.69, 9.17) is 4.42 Å². The van der Waals surface area contributed by atoms with Crippen LogP contribution in [0.5, 0.6) is 0 Å². The first kappa shape index (κ1) is 26.7. The smallest absolute Gasteiger partial charge is 0.135 e. The number of allylic oxidation sites excluding steroid dienone is 1. The monoisotopic (exact) mass is 626 g/mol. The summed E-state index contributed by atoms with van der Waals surface area (Å²) in [5.74, 6) is 1.09. The molecule has 3 heteroatoms. The molecule has 7 aromatic carbocycles. The number of anilines is 6. The molecule has 2 aliphatic heterocycles. The highest BCUT2D eigenvalue weighted by Gasteiger charge is 2.38. The van der Waals surface area contributed by atoms with Gasteiger partial charge in [-0.15, -0.1) is 0 Å². The second-order valence-corrected chi connectivity index (χ2v) is 13.2. The van der Waals surface area contributed by atoms with Crippen molar-refractivity contribution in [3.63, 3.8) is 0 Å². The van der Waals surface area contributed by atoms with E-state index in [1.165, 1.54) is 60.9 Å². The van der Waals surface area contributed by atoms with Gasteiger partial charge in [-0.25, -0.2) is 0 Å². The topological polar surface area (TPSA) is 19.6 Å². The summed E-state index contributed by atoms with van der Waals surface area (Å²) in [6, 6.07) is 53.4. The molecule has 0 bridgehead atoms. The van der Waals surface area contributed by atoms with Gasteiger partial charge >= 0.3 is 0 Å². The number of hydrogen-bond donors (Lipinski definition) is 0. The predicted octanol–water partition coefficient (Wildman–Crippen LogP) is 13.1. The normalized spacial score (nSPS) is 13.8. The highest BCUT2D eigenvalue weighted by atomic mass is 16.3. The Morgan fingerprint density at radius 1 is 0.510 bits per heavy atom. The molecule has 0 N–H and O–H groups in total. The summed E-state index contributed by atoms with van der Waals surface area (Å²) in [4.78, 5) is 4.96. The molecule has 0 spiro atoms. The lowest BCUT2D eigenvalue weighted by Gasteiger charge is -2.41. The predicted molar refractivity (Wildman–Crippen MR) is 204 cm³/mol. The maximum absolute atomic E-state index is 6.52. The van der Waals surface area contributed by atoms with E-state index in [0.717, 1.165) is 52.5 Å². The third kappa shape index (κ3) is 3.73. The van der Waals surface area contributed by atoms with Crippen molar-refractivity contribution in [2.24, 2.45) is 0 Å². The maximum Gasteiger partial charge on any atom is 0.135 e. The van der Waals surface area contributed by atoms with E-state index < -0.39 is 0 Å². The Morgan fingerprint density at radius 3 is 2.12 bits per heavy atom. The standard InChI is InChI=1S/C46H30N2O/c1-2-13-31(14-3-1)47-38-19-9-10-20-39(38)48-40-26-23-29-12-4-5-15-32(29)44(40)36-17-6-7-18-37(36)45-33(25-27-41(47)46(45)48)30-22-24-35-34-16-8-11-21-42(34)49-43(35)28-30/h1-10,12-20,22-28H,11,21H2. The molecule has 11 rings (SSSR count). The fourth-order valence-corrected chi connectivity index (χ4v) is 8.47. The average Bonchev–Trinajstić information content (AvgIpc) is 3.48. The summed E-state index contributed by atoms with van der Waals surface area (Å²) in [6.45, 7) is 0. The summed E-state index contributed by atoms with van der Waals surface area (Å²) in [5, 5.41) is 3.67. The minimum absolute atomic E-state index is 0.947. The van der Waals surface area contributed by atoms with Crippen LogP contribution in [0.25, 0.3) is 61.2 Å². The molecule has 0 atom stereocenters. The number of rotatable bonds is 2. The first-order valence-corrected chi connectivity index (χ1v) is 17.1. The molecule has 3 nitrogen and oxygen atoms in total. The highest BCUT2D eigenvalue weighted by molar-refractivity contribution is 6.19. The van der Waals surface area contributed by atoms with E-state index in [-0.39, 0.29) is 0 Å². The third-order valence-electron chi connectivity index (χ3n) is 10.6. The number of aryl methyl sites for hydroxylation is 1. The van der Waals surface area contributed by atoms with Gasteiger partial charge < -0.3 is 14.2 Å². The van der Waals surface area contributed by atoms with E-state index in [1.54, 1.807) is 0 Å². The summed E-state index contributed by atoms with van der Waals surface area (Å²) in [7, 11) is 0. The van der Waals surface area contributed by atoms with Crippen LogP contribution in [0.2, 0.25) is 0 Å². The van der Waals surface area contributed by atoms with Crippen molar-refractivity contribution in [3.05, 3.63) is 163 Å². The van der Waals surface area contributed by atoms with Gasteiger partial charge in [0.2, 0.25) is 0 Å². The molecule has 8 aromatic rings. The van der Waals surface area contributed by atoms with E-state index >= 15 is 0 Å². The molecule has 1 aromatic heterocycles. The van der Waals surface area contributed by atoms with Gasteiger partial charge in [0.25, 0.3) is 0 Å². The second kappa shape index (κ2) is 10.1. The summed E-state index contributed by atoms with van der Waals surface area (Å²) >= 11 is 0. The Labute approximate surface area is 284 Å². The van der Waals surface area contributed by atoms with Crippen LogP contribution in [-0.4, -0.2) is 0 Å². The van der Waals surface area contributed by atoms with Gasteiger partial charge in [0.15, 0.2) is 0 Å². The van der Waals surface area contributed by atoms with Crippen LogP contribution >= 0.6 is 0 Å². The van der Waals surface area contributed by atoms with Gasteiger partial charge in [-0.1, -0.05) is 109 Å². The quantitative estimate of drug-likeness (QED) is 0.190. The van der Waals surface area contributed by atoms with E-state index in [2.05, 4.69) is 168 Å². The van der Waals surface area contributed by atoms with Crippen molar-refractivity contribution >= 4 is 61.9 Å². The van der Waals surface area contributed by atoms with Gasteiger partial charge in [0, 0.05) is 34.2 Å². The lowest BCUT2D eigenvalue weighted by atomic mass is 9.87. The number of fused-ring (bicyclic) bond motifs is 12. The number of hydrogen-bond acceptors (Lipinski definition) is 3. The van der Waals surface area contributed by atoms with E-state index in [1.807, 2.05) is 0 Å². The largest absolute Gasteiger partial charge is 0.460 e. The minimum atomic E-state index is 0.947. The lowest BCUT2D eigenvalue weighted by molar-refractivity contribution is 0.546. The molecule has 0 saturated carbocycles. The van der Waals surface area contributed by atoms with Crippen molar-refractivity contribution in [2.45, 2.75) is 12.8 Å². The van der Waals surface area contributed by atoms with Gasteiger partial charge in [-0.3, -0.25) is 0 Å². The summed E-state index contributed by atoms with van der Waals surface area (Å²) < 4.78 is 6.52. The zero-order valence-corrected chi connectivity index (χ0v) is 26.7. The molecule has 0 saturated heterocycles. The SMILES string of the molecule is C1=Cc2c(oc3cc(-c4ccc5c6c4-c4ccccc4-c4c(ccc7ccccc47)N6c4ccccc4N5c4ccccc4)ccc23)CC1. The maximum atomic E-state index is 6.52. The molecule has 0 amide bonds. The highest BCUT2D eigenvalue weighted by Crippen LogP contribution is 2.63. The molecule has 0 radical (unpaired) electrons. The molecule has 3 aliphatic rings. The number of nitrogens with zero attached hydrogens (tertiary/aromatic N) is 2. The van der Waals surface area contributed by atoms with E-state index in [9.17, 15) is 0 Å². The average molecular weight is 627 g/mol. The van der Waals surface area contributed by atoms with Gasteiger partial charge in [-0.2, -0.15) is 0 Å². The zero-order valence-electron chi connectivity index (χ0n) is 26.7. The van der Waals surface area contributed by atoms with Crippen molar-refractivity contribution < 1.29 is 4.42 Å². The second-order valence-electron chi connectivity index (χ2n) is 13.2. The Morgan fingerprint density at radius 2 is 1.24 bits per heavy atom. The molecular weight excluding hydrogens is 597 g/mol. The van der Waals surface area contributed by atoms with Crippen LogP contribution in [0.4, 0.5) is 34.1 Å². The molecule has 49 heavy (non-hydrogen) atoms. The minimum Gasteiger partial charge on any atom is -0.460 e. The van der Waals surface area contributed by atoms with Crippen molar-refractivity contribution in [1.29, 1.82) is 0 Å². The van der Waals surface area contributed by atoms with Gasteiger partial charge in [-0.05, 0) is 88.0 Å². The fraction of sp³-hybridized carbons (Fsp3) is 0.0435. The van der Waals surface area contributed by atoms with Crippen LogP contribution in [0.1, 0.15) is 17.7 Å². The Kier molecular flexibility index (Phi) is 5.50. The molecule has 3 heterocycles. The van der Waals surface area contributed by atoms with Crippen LogP contribution in [-0.2, 0) is 6.42 Å². The molecule has 1 aliphatic carbocycles. The Hall–Kier alpha value is -6.32. The molecular formula is C46H30N2O. The van der Waals surface area contributed by atoms with Crippen LogP contribution in [0.15, 0.2) is 156 Å². The number of para-hydroxylation sites is 3. The fourth-order valence-electron chi connectivity index (χ4n) is 8.47. The zero-order chi connectivity index (χ0) is 32.1. The Bertz CT molecular complexity index is 2680. The molecule has 0 fully saturated rings. The lowest BCUT2D eigenvalue weighted by Crippen LogP contribution is -2.24. The van der Waals surface area contributed by atoms with Crippen molar-refractivity contribution in [3.8, 4) is 33.4 Å². The first-order valence-electron chi connectivity index (χ1n) is 17.1. The van der Waals surface area contributed by atoms with Crippen LogP contribution < -0.4 is 9.80 Å². The van der Waals surface area contributed by atoms with Crippen LogP contribution in [0.3, 0.4) is 0 Å².